The van der Waals surface area contributed by atoms with Gasteiger partial charge in [0.05, 0.1) is 11.0 Å². The largest absolute Gasteiger partial charge is 0.342 e. The molecule has 0 aliphatic carbocycles. The van der Waals surface area contributed by atoms with Gasteiger partial charge in [-0.05, 0) is 42.5 Å². The first-order chi connectivity index (χ1) is 14.5. The molecule has 0 unspecified atom stereocenters. The van der Waals surface area contributed by atoms with Crippen molar-refractivity contribution in [3.63, 3.8) is 0 Å². The third-order valence-corrected chi connectivity index (χ3v) is 5.73. The van der Waals surface area contributed by atoms with Crippen LogP contribution in [0.25, 0.3) is 11.0 Å². The summed E-state index contributed by atoms with van der Waals surface area (Å²) in [4.78, 5) is 35.4. The number of imidazole rings is 1. The molecule has 30 heavy (non-hydrogen) atoms. The van der Waals surface area contributed by atoms with Crippen molar-refractivity contribution in [1.82, 2.24) is 14.9 Å². The first kappa shape index (κ1) is 20.1. The van der Waals surface area contributed by atoms with Crippen molar-refractivity contribution in [3.8, 4) is 0 Å². The normalized spacial score (nSPS) is 16.4. The van der Waals surface area contributed by atoms with Crippen LogP contribution in [0.1, 0.15) is 50.4 Å². The minimum Gasteiger partial charge on any atom is -0.342 e. The Morgan fingerprint density at radius 2 is 1.93 bits per heavy atom. The summed E-state index contributed by atoms with van der Waals surface area (Å²) in [5, 5.41) is 3.06. The number of hydrogen-bond acceptors (Lipinski definition) is 3. The molecule has 6 nitrogen and oxygen atoms in total. The van der Waals surface area contributed by atoms with Gasteiger partial charge in [-0.15, -0.1) is 0 Å². The van der Waals surface area contributed by atoms with Crippen molar-refractivity contribution in [2.24, 2.45) is 0 Å². The van der Waals surface area contributed by atoms with Crippen molar-refractivity contribution in [2.75, 3.05) is 11.9 Å². The number of aromatic nitrogens is 2. The monoisotopic (exact) mass is 404 g/mol. The van der Waals surface area contributed by atoms with Crippen molar-refractivity contribution in [3.05, 3.63) is 59.9 Å². The number of aryl methyl sites for hydroxylation is 1. The standard InChI is InChI=1S/C24H28N4O2/c1-16(2)17-8-3-4-9-18(17)27-24(30)21-12-7-15-28(21)23(29)14-13-22-25-19-10-5-6-11-20(19)26-22/h3-6,8-11,16,21H,7,12-15H2,1-2H3,(H,25,26)(H,27,30)/t21-/m0/s1. The molecule has 1 aliphatic rings. The molecule has 0 radical (unpaired) electrons. The van der Waals surface area contributed by atoms with E-state index < -0.39 is 6.04 Å². The molecule has 6 heteroatoms. The van der Waals surface area contributed by atoms with Crippen molar-refractivity contribution in [2.45, 2.75) is 51.5 Å². The number of amides is 2. The number of rotatable bonds is 6. The second kappa shape index (κ2) is 8.69. The van der Waals surface area contributed by atoms with E-state index in [-0.39, 0.29) is 11.8 Å². The maximum Gasteiger partial charge on any atom is 0.247 e. The van der Waals surface area contributed by atoms with Crippen LogP contribution in [0.2, 0.25) is 0 Å². The predicted octanol–water partition coefficient (Wildman–Crippen LogP) is 4.25. The van der Waals surface area contributed by atoms with Gasteiger partial charge in [0.25, 0.3) is 0 Å². The lowest BCUT2D eigenvalue weighted by Crippen LogP contribution is -2.43. The van der Waals surface area contributed by atoms with E-state index in [0.29, 0.717) is 31.7 Å². The van der Waals surface area contributed by atoms with Crippen LogP contribution in [0, 0.1) is 0 Å². The summed E-state index contributed by atoms with van der Waals surface area (Å²) in [5.74, 6) is 1.02. The van der Waals surface area contributed by atoms with E-state index in [4.69, 9.17) is 0 Å². The van der Waals surface area contributed by atoms with Crippen LogP contribution in [0.4, 0.5) is 5.69 Å². The molecule has 1 aromatic heterocycles. The number of nitrogens with zero attached hydrogens (tertiary/aromatic N) is 2. The molecule has 0 spiro atoms. The number of carbonyl (C=O) groups excluding carboxylic acids is 2. The Labute approximate surface area is 176 Å². The third kappa shape index (κ3) is 4.22. The zero-order valence-electron chi connectivity index (χ0n) is 17.5. The average molecular weight is 405 g/mol. The van der Waals surface area contributed by atoms with Crippen LogP contribution in [0.3, 0.4) is 0 Å². The number of fused-ring (bicyclic) bond motifs is 1. The maximum absolute atomic E-state index is 13.0. The van der Waals surface area contributed by atoms with Crippen LogP contribution >= 0.6 is 0 Å². The van der Waals surface area contributed by atoms with Crippen molar-refractivity contribution < 1.29 is 9.59 Å². The highest BCUT2D eigenvalue weighted by Crippen LogP contribution is 2.26. The number of likely N-dealkylation sites (tertiary alicyclic amines) is 1. The summed E-state index contributed by atoms with van der Waals surface area (Å²) in [7, 11) is 0. The highest BCUT2D eigenvalue weighted by atomic mass is 16.2. The molecule has 1 atom stereocenters. The fraction of sp³-hybridized carbons (Fsp3) is 0.375. The molecule has 3 aromatic rings. The summed E-state index contributed by atoms with van der Waals surface area (Å²) in [5.41, 5.74) is 3.81. The minimum absolute atomic E-state index is 0.00486. The topological polar surface area (TPSA) is 78.1 Å². The summed E-state index contributed by atoms with van der Waals surface area (Å²) in [6.45, 7) is 4.84. The van der Waals surface area contributed by atoms with Crippen LogP contribution in [0.15, 0.2) is 48.5 Å². The third-order valence-electron chi connectivity index (χ3n) is 5.73. The Morgan fingerprint density at radius 3 is 2.73 bits per heavy atom. The fourth-order valence-corrected chi connectivity index (χ4v) is 4.16. The molecule has 1 fully saturated rings. The molecule has 2 heterocycles. The zero-order valence-corrected chi connectivity index (χ0v) is 17.5. The molecule has 2 N–H and O–H groups in total. The Balaban J connectivity index is 1.40. The van der Waals surface area contributed by atoms with Crippen LogP contribution < -0.4 is 5.32 Å². The number of anilines is 1. The Hall–Kier alpha value is -3.15. The maximum atomic E-state index is 13.0. The van der Waals surface area contributed by atoms with Gasteiger partial charge in [-0.1, -0.05) is 44.2 Å². The molecule has 4 rings (SSSR count). The zero-order chi connectivity index (χ0) is 21.1. The molecule has 2 amide bonds. The molecular weight excluding hydrogens is 376 g/mol. The molecule has 1 aliphatic heterocycles. The second-order valence-corrected chi connectivity index (χ2v) is 8.18. The van der Waals surface area contributed by atoms with Gasteiger partial charge in [-0.25, -0.2) is 4.98 Å². The quantitative estimate of drug-likeness (QED) is 0.645. The van der Waals surface area contributed by atoms with E-state index in [1.165, 1.54) is 0 Å². The average Bonchev–Trinajstić information content (AvgIpc) is 3.39. The molecule has 2 aromatic carbocycles. The molecule has 0 saturated carbocycles. The lowest BCUT2D eigenvalue weighted by molar-refractivity contribution is -0.136. The highest BCUT2D eigenvalue weighted by molar-refractivity contribution is 5.98. The highest BCUT2D eigenvalue weighted by Gasteiger charge is 2.34. The van der Waals surface area contributed by atoms with Gasteiger partial charge >= 0.3 is 0 Å². The molecular formula is C24H28N4O2. The summed E-state index contributed by atoms with van der Waals surface area (Å²) < 4.78 is 0. The molecule has 156 valence electrons. The van der Waals surface area contributed by atoms with Gasteiger partial charge in [0, 0.05) is 25.1 Å². The van der Waals surface area contributed by atoms with E-state index in [1.54, 1.807) is 4.90 Å². The predicted molar refractivity (Wildman–Crippen MR) is 118 cm³/mol. The molecule has 1 saturated heterocycles. The van der Waals surface area contributed by atoms with Gasteiger partial charge in [0.15, 0.2) is 0 Å². The summed E-state index contributed by atoms with van der Waals surface area (Å²) in [6.07, 6.45) is 2.42. The Bertz CT molecular complexity index is 1020. The number of para-hydroxylation sites is 3. The first-order valence-corrected chi connectivity index (χ1v) is 10.7. The van der Waals surface area contributed by atoms with E-state index in [0.717, 1.165) is 34.5 Å². The SMILES string of the molecule is CC(C)c1ccccc1NC(=O)[C@@H]1CCCN1C(=O)CCc1nc2ccccc2[nH]1. The first-order valence-electron chi connectivity index (χ1n) is 10.7. The minimum atomic E-state index is -0.409. The van der Waals surface area contributed by atoms with Gasteiger partial charge < -0.3 is 15.2 Å². The van der Waals surface area contributed by atoms with E-state index in [2.05, 4.69) is 29.1 Å². The fourth-order valence-electron chi connectivity index (χ4n) is 4.16. The number of benzene rings is 2. The second-order valence-electron chi connectivity index (χ2n) is 8.18. The van der Waals surface area contributed by atoms with Gasteiger partial charge in [0.2, 0.25) is 11.8 Å². The van der Waals surface area contributed by atoms with Crippen LogP contribution in [0.5, 0.6) is 0 Å². The lowest BCUT2D eigenvalue weighted by atomic mass is 10.0. The number of aromatic amines is 1. The number of carbonyl (C=O) groups is 2. The van der Waals surface area contributed by atoms with Gasteiger partial charge in [-0.3, -0.25) is 9.59 Å². The smallest absolute Gasteiger partial charge is 0.247 e. The summed E-state index contributed by atoms with van der Waals surface area (Å²) in [6, 6.07) is 15.3. The molecule has 0 bridgehead atoms. The number of nitrogens with one attached hydrogen (secondary N) is 2. The number of hydrogen-bond donors (Lipinski definition) is 2. The van der Waals surface area contributed by atoms with Crippen LogP contribution in [-0.2, 0) is 16.0 Å². The van der Waals surface area contributed by atoms with E-state index in [9.17, 15) is 9.59 Å². The lowest BCUT2D eigenvalue weighted by Gasteiger charge is -2.24. The van der Waals surface area contributed by atoms with Gasteiger partial charge in [-0.2, -0.15) is 0 Å². The Morgan fingerprint density at radius 1 is 1.17 bits per heavy atom. The van der Waals surface area contributed by atoms with Gasteiger partial charge in [0.1, 0.15) is 11.9 Å². The Kier molecular flexibility index (Phi) is 5.84. The van der Waals surface area contributed by atoms with E-state index >= 15 is 0 Å². The van der Waals surface area contributed by atoms with Crippen molar-refractivity contribution in [1.29, 1.82) is 0 Å². The van der Waals surface area contributed by atoms with Crippen molar-refractivity contribution >= 4 is 28.5 Å². The van der Waals surface area contributed by atoms with Crippen LogP contribution in [-0.4, -0.2) is 39.3 Å². The number of H-pyrrole nitrogens is 1. The summed E-state index contributed by atoms with van der Waals surface area (Å²) >= 11 is 0. The van der Waals surface area contributed by atoms with E-state index in [1.807, 2.05) is 48.5 Å².